The molecule has 0 N–H and O–H groups in total. The summed E-state index contributed by atoms with van der Waals surface area (Å²) in [6.07, 6.45) is 1.52. The summed E-state index contributed by atoms with van der Waals surface area (Å²) in [4.78, 5) is 3.70. The van der Waals surface area contributed by atoms with Crippen LogP contribution in [0.25, 0.3) is 0 Å². The Morgan fingerprint density at radius 3 is 2.76 bits per heavy atom. The molecule has 114 valence electrons. The van der Waals surface area contributed by atoms with Gasteiger partial charge in [0.1, 0.15) is 13.7 Å². The number of pyridine rings is 1. The van der Waals surface area contributed by atoms with Gasteiger partial charge in [0.05, 0.1) is 6.61 Å². The van der Waals surface area contributed by atoms with Gasteiger partial charge >= 0.3 is 0 Å². The highest BCUT2D eigenvalue weighted by atomic mass is 28.3. The number of rotatable bonds is 1. The maximum absolute atomic E-state index is 15.2. The highest BCUT2D eigenvalue weighted by Gasteiger charge is 2.43. The van der Waals surface area contributed by atoms with E-state index in [-0.39, 0.29) is 12.0 Å². The lowest BCUT2D eigenvalue weighted by molar-refractivity contribution is -0.0606. The highest BCUT2D eigenvalue weighted by molar-refractivity contribution is 6.83. The zero-order valence-electron chi connectivity index (χ0n) is 13.0. The topological polar surface area (TPSA) is 22.1 Å². The monoisotopic (exact) mass is 309 g/mol. The summed E-state index contributed by atoms with van der Waals surface area (Å²) in [7, 11) is -1.54. The summed E-state index contributed by atoms with van der Waals surface area (Å²) < 4.78 is 34.5. The van der Waals surface area contributed by atoms with Crippen LogP contribution < -0.4 is 0 Å². The van der Waals surface area contributed by atoms with Crippen LogP contribution in [-0.2, 0) is 10.4 Å². The number of aromatic nitrogens is 1. The molecule has 1 saturated heterocycles. The van der Waals surface area contributed by atoms with Crippen molar-refractivity contribution in [1.29, 1.82) is 0 Å². The van der Waals surface area contributed by atoms with E-state index in [1.165, 1.54) is 12.3 Å². The van der Waals surface area contributed by atoms with Crippen molar-refractivity contribution in [2.45, 2.75) is 38.7 Å². The SMILES string of the molecule is C[C@H]1COCC[C@]1(F)c1cc(C#C[Si](C)(C)C)cnc1F. The number of alkyl halides is 1. The van der Waals surface area contributed by atoms with Crippen LogP contribution in [0.5, 0.6) is 0 Å². The molecule has 0 aromatic carbocycles. The molecule has 0 radical (unpaired) electrons. The second-order valence-corrected chi connectivity index (χ2v) is 11.4. The first-order valence-electron chi connectivity index (χ1n) is 7.18. The van der Waals surface area contributed by atoms with Crippen LogP contribution >= 0.6 is 0 Å². The molecular formula is C16H21F2NOSi. The molecule has 2 rings (SSSR count). The standard InChI is InChI=1S/C16H21F2NOSi/c1-12-11-20-7-6-16(12,18)14-9-13(10-19-15(14)17)5-8-21(2,3)4/h9-10,12H,6-7,11H2,1-4H3/t12-,16+/m0/s1. The predicted molar refractivity (Wildman–Crippen MR) is 81.8 cm³/mol. The van der Waals surface area contributed by atoms with E-state index in [0.29, 0.717) is 18.8 Å². The van der Waals surface area contributed by atoms with Gasteiger partial charge in [-0.15, -0.1) is 5.54 Å². The maximum atomic E-state index is 15.2. The molecule has 0 saturated carbocycles. The lowest BCUT2D eigenvalue weighted by Crippen LogP contribution is -2.38. The lowest BCUT2D eigenvalue weighted by atomic mass is 9.81. The van der Waals surface area contributed by atoms with Crippen LogP contribution in [0.4, 0.5) is 8.78 Å². The molecule has 1 aliphatic heterocycles. The predicted octanol–water partition coefficient (Wildman–Crippen LogP) is 3.67. The highest BCUT2D eigenvalue weighted by Crippen LogP contribution is 2.41. The van der Waals surface area contributed by atoms with Gasteiger partial charge in [-0.1, -0.05) is 32.5 Å². The van der Waals surface area contributed by atoms with Gasteiger partial charge in [0.15, 0.2) is 0 Å². The molecule has 1 fully saturated rings. The summed E-state index contributed by atoms with van der Waals surface area (Å²) in [6.45, 7) is 8.68. The minimum atomic E-state index is -1.73. The Labute approximate surface area is 125 Å². The summed E-state index contributed by atoms with van der Waals surface area (Å²) >= 11 is 0. The Morgan fingerprint density at radius 1 is 1.43 bits per heavy atom. The second-order valence-electron chi connectivity index (χ2n) is 6.65. The first-order valence-corrected chi connectivity index (χ1v) is 10.7. The van der Waals surface area contributed by atoms with E-state index in [9.17, 15) is 4.39 Å². The van der Waals surface area contributed by atoms with E-state index < -0.39 is 25.6 Å². The fourth-order valence-corrected chi connectivity index (χ4v) is 2.85. The molecule has 0 spiro atoms. The zero-order valence-corrected chi connectivity index (χ0v) is 14.0. The Balaban J connectivity index is 2.41. The average molecular weight is 309 g/mol. The van der Waals surface area contributed by atoms with Crippen LogP contribution in [0.1, 0.15) is 24.5 Å². The molecule has 21 heavy (non-hydrogen) atoms. The molecule has 2 atom stereocenters. The van der Waals surface area contributed by atoms with E-state index in [0.717, 1.165) is 0 Å². The van der Waals surface area contributed by atoms with Crippen molar-refractivity contribution in [2.75, 3.05) is 13.2 Å². The smallest absolute Gasteiger partial charge is 0.219 e. The minimum Gasteiger partial charge on any atom is -0.381 e. The van der Waals surface area contributed by atoms with E-state index in [2.05, 4.69) is 36.1 Å². The summed E-state index contributed by atoms with van der Waals surface area (Å²) in [5, 5.41) is 0. The molecule has 5 heteroatoms. The normalized spacial score (nSPS) is 26.1. The molecular weight excluding hydrogens is 288 g/mol. The van der Waals surface area contributed by atoms with Gasteiger partial charge in [0.25, 0.3) is 0 Å². The van der Waals surface area contributed by atoms with Gasteiger partial charge in [0, 0.05) is 36.3 Å². The third-order valence-electron chi connectivity index (χ3n) is 3.63. The van der Waals surface area contributed by atoms with E-state index in [4.69, 9.17) is 4.74 Å². The average Bonchev–Trinajstić information content (AvgIpc) is 2.40. The maximum Gasteiger partial charge on any atom is 0.219 e. The fourth-order valence-electron chi connectivity index (χ4n) is 2.33. The van der Waals surface area contributed by atoms with Gasteiger partial charge in [-0.05, 0) is 6.07 Å². The number of nitrogens with zero attached hydrogens (tertiary/aromatic N) is 1. The largest absolute Gasteiger partial charge is 0.381 e. The molecule has 0 aliphatic carbocycles. The molecule has 0 bridgehead atoms. The van der Waals surface area contributed by atoms with Crippen LogP contribution in [0.2, 0.25) is 19.6 Å². The minimum absolute atomic E-state index is 0.0145. The zero-order chi connectivity index (χ0) is 15.7. The Morgan fingerprint density at radius 2 is 2.14 bits per heavy atom. The van der Waals surface area contributed by atoms with E-state index in [1.807, 2.05) is 0 Å². The molecule has 1 aliphatic rings. The summed E-state index contributed by atoms with van der Waals surface area (Å²) in [6, 6.07) is 1.51. The van der Waals surface area contributed by atoms with Gasteiger partial charge < -0.3 is 4.74 Å². The van der Waals surface area contributed by atoms with Gasteiger partial charge in [-0.2, -0.15) is 4.39 Å². The van der Waals surface area contributed by atoms with Gasteiger partial charge in [-0.25, -0.2) is 9.37 Å². The van der Waals surface area contributed by atoms with Crippen LogP contribution in [0, 0.1) is 23.3 Å². The van der Waals surface area contributed by atoms with Gasteiger partial charge in [-0.3, -0.25) is 0 Å². The number of ether oxygens (including phenoxy) is 1. The summed E-state index contributed by atoms with van der Waals surface area (Å²) in [5.74, 6) is 1.86. The molecule has 1 aromatic rings. The summed E-state index contributed by atoms with van der Waals surface area (Å²) in [5.41, 5.74) is 2.05. The Hall–Kier alpha value is -1.25. The third-order valence-corrected chi connectivity index (χ3v) is 4.50. The van der Waals surface area contributed by atoms with Crippen molar-refractivity contribution in [3.63, 3.8) is 0 Å². The molecule has 2 heterocycles. The first kappa shape index (κ1) is 16.1. The van der Waals surface area contributed by atoms with Crippen molar-refractivity contribution in [1.82, 2.24) is 4.98 Å². The van der Waals surface area contributed by atoms with Gasteiger partial charge in [0.2, 0.25) is 5.95 Å². The van der Waals surface area contributed by atoms with Crippen LogP contribution in [0.15, 0.2) is 12.3 Å². The fraction of sp³-hybridized carbons (Fsp3) is 0.562. The van der Waals surface area contributed by atoms with Crippen molar-refractivity contribution in [3.05, 3.63) is 29.3 Å². The Kier molecular flexibility index (Phi) is 4.50. The van der Waals surface area contributed by atoms with Crippen molar-refractivity contribution < 1.29 is 13.5 Å². The molecule has 0 amide bonds. The van der Waals surface area contributed by atoms with Crippen molar-refractivity contribution in [2.24, 2.45) is 5.92 Å². The van der Waals surface area contributed by atoms with E-state index >= 15 is 4.39 Å². The Bertz CT molecular complexity index is 588. The second kappa shape index (κ2) is 5.86. The quantitative estimate of drug-likeness (QED) is 0.448. The molecule has 0 unspecified atom stereocenters. The first-order chi connectivity index (χ1) is 9.72. The van der Waals surface area contributed by atoms with Crippen LogP contribution in [0.3, 0.4) is 0 Å². The number of hydrogen-bond donors (Lipinski definition) is 0. The molecule has 2 nitrogen and oxygen atoms in total. The molecule has 1 aromatic heterocycles. The van der Waals surface area contributed by atoms with E-state index in [1.54, 1.807) is 6.92 Å². The van der Waals surface area contributed by atoms with Crippen LogP contribution in [-0.4, -0.2) is 26.3 Å². The third kappa shape index (κ3) is 3.69. The number of hydrogen-bond acceptors (Lipinski definition) is 2. The van der Waals surface area contributed by atoms with Crippen molar-refractivity contribution in [3.8, 4) is 11.5 Å². The van der Waals surface area contributed by atoms with Crippen molar-refractivity contribution >= 4 is 8.07 Å². The number of halogens is 2. The lowest BCUT2D eigenvalue weighted by Gasteiger charge is -2.35.